The quantitative estimate of drug-likeness (QED) is 0.666. The van der Waals surface area contributed by atoms with Crippen LogP contribution in [0.3, 0.4) is 0 Å². The van der Waals surface area contributed by atoms with Crippen molar-refractivity contribution in [3.63, 3.8) is 0 Å². The monoisotopic (exact) mass is 464 g/mol. The summed E-state index contributed by atoms with van der Waals surface area (Å²) in [6.45, 7) is 3.85. The number of aliphatic imine (C=N–C) groups is 1. The highest BCUT2D eigenvalue weighted by Crippen LogP contribution is 2.25. The van der Waals surface area contributed by atoms with Gasteiger partial charge in [0.15, 0.2) is 6.29 Å². The number of nitrogens with zero attached hydrogens (tertiary/aromatic N) is 2. The van der Waals surface area contributed by atoms with E-state index in [-0.39, 0.29) is 23.6 Å². The molecule has 1 aromatic carbocycles. The largest absolute Gasteiger partial charge is 0.350 e. The number of rotatable bonds is 6. The number of benzene rings is 1. The van der Waals surface area contributed by atoms with Crippen LogP contribution in [0, 0.1) is 5.92 Å². The molecule has 0 atom stereocenters. The van der Waals surface area contributed by atoms with E-state index in [4.69, 9.17) is 9.47 Å². The van der Waals surface area contributed by atoms with Crippen molar-refractivity contribution >= 4 is 27.5 Å². The second-order valence-corrected chi connectivity index (χ2v) is 10.2. The molecule has 1 aromatic rings. The predicted octanol–water partition coefficient (Wildman–Crippen LogP) is 1.96. The van der Waals surface area contributed by atoms with E-state index in [1.54, 1.807) is 12.1 Å². The molecular formula is C22H32N4O5S. The molecule has 0 aromatic heterocycles. The molecule has 0 unspecified atom stereocenters. The van der Waals surface area contributed by atoms with Crippen LogP contribution in [-0.4, -0.2) is 70.7 Å². The number of amides is 1. The number of hydrogen-bond donors (Lipinski definition) is 2. The van der Waals surface area contributed by atoms with Crippen LogP contribution < -0.4 is 10.0 Å². The molecule has 32 heavy (non-hydrogen) atoms. The van der Waals surface area contributed by atoms with Crippen molar-refractivity contribution in [2.45, 2.75) is 49.7 Å². The van der Waals surface area contributed by atoms with Crippen LogP contribution in [0.15, 0.2) is 34.2 Å². The summed E-state index contributed by atoms with van der Waals surface area (Å²) in [4.78, 5) is 19.1. The fourth-order valence-electron chi connectivity index (χ4n) is 4.35. The van der Waals surface area contributed by atoms with Gasteiger partial charge in [0.25, 0.3) is 10.0 Å². The maximum atomic E-state index is 12.8. The summed E-state index contributed by atoms with van der Waals surface area (Å²) in [5.74, 6) is 0.727. The van der Waals surface area contributed by atoms with Gasteiger partial charge < -0.3 is 14.8 Å². The van der Waals surface area contributed by atoms with Crippen molar-refractivity contribution in [1.82, 2.24) is 9.62 Å². The zero-order valence-electron chi connectivity index (χ0n) is 18.3. The van der Waals surface area contributed by atoms with Crippen LogP contribution in [-0.2, 0) is 24.3 Å². The zero-order valence-corrected chi connectivity index (χ0v) is 19.1. The van der Waals surface area contributed by atoms with Crippen LogP contribution in [0.4, 0.5) is 5.69 Å². The molecule has 9 nitrogen and oxygen atoms in total. The number of anilines is 1. The van der Waals surface area contributed by atoms with E-state index in [9.17, 15) is 13.2 Å². The fourth-order valence-corrected chi connectivity index (χ4v) is 5.48. The Morgan fingerprint density at radius 1 is 1.12 bits per heavy atom. The van der Waals surface area contributed by atoms with Crippen LogP contribution in [0.5, 0.6) is 0 Å². The number of likely N-dealkylation sites (tertiary alicyclic amines) is 1. The summed E-state index contributed by atoms with van der Waals surface area (Å²) in [5, 5.41) is 2.83. The number of carbonyl (C=O) groups is 1. The van der Waals surface area contributed by atoms with E-state index >= 15 is 0 Å². The molecule has 0 aliphatic carbocycles. The summed E-state index contributed by atoms with van der Waals surface area (Å²) in [5.41, 5.74) is 0.461. The molecule has 3 aliphatic heterocycles. The third kappa shape index (κ3) is 6.28. The molecule has 176 valence electrons. The molecule has 2 saturated heterocycles. The van der Waals surface area contributed by atoms with Crippen molar-refractivity contribution in [2.24, 2.45) is 10.9 Å². The van der Waals surface area contributed by atoms with Crippen LogP contribution in [0.1, 0.15) is 38.5 Å². The van der Waals surface area contributed by atoms with Gasteiger partial charge in [-0.15, -0.1) is 0 Å². The van der Waals surface area contributed by atoms with Gasteiger partial charge in [-0.3, -0.25) is 19.4 Å². The van der Waals surface area contributed by atoms with E-state index in [1.165, 1.54) is 12.1 Å². The Bertz CT molecular complexity index is 922. The lowest BCUT2D eigenvalue weighted by Gasteiger charge is -2.33. The number of sulfonamides is 1. The number of nitrogens with one attached hydrogen (secondary N) is 2. The smallest absolute Gasteiger partial charge is 0.262 e. The Morgan fingerprint density at radius 2 is 1.91 bits per heavy atom. The standard InChI is InChI=1S/C22H32N4O5S/c27-21(16-26-11-8-17(9-12-26)22-30-13-14-31-22)24-18-5-4-6-19(15-18)32(28,29)25-20-7-2-1-3-10-23-20/h4-6,15,17,22H,1-3,7-14,16H2,(H,23,25)(H,24,27). The first-order valence-corrected chi connectivity index (χ1v) is 12.9. The normalized spacial score (nSPS) is 21.7. The minimum atomic E-state index is -3.74. The van der Waals surface area contributed by atoms with Gasteiger partial charge >= 0.3 is 0 Å². The maximum absolute atomic E-state index is 12.8. The van der Waals surface area contributed by atoms with Crippen LogP contribution in [0.2, 0.25) is 0 Å². The van der Waals surface area contributed by atoms with Gasteiger partial charge in [-0.1, -0.05) is 12.5 Å². The zero-order chi connectivity index (χ0) is 22.4. The molecule has 3 aliphatic rings. The SMILES string of the molecule is O=C(CN1CCC(C2OCCO2)CC1)Nc1cccc(S(=O)(=O)NC2=NCCCCC2)c1. The number of amidine groups is 1. The van der Waals surface area contributed by atoms with Gasteiger partial charge in [-0.25, -0.2) is 8.42 Å². The Morgan fingerprint density at radius 3 is 2.69 bits per heavy atom. The molecule has 2 fully saturated rings. The van der Waals surface area contributed by atoms with Crippen molar-refractivity contribution < 1.29 is 22.7 Å². The van der Waals surface area contributed by atoms with Crippen molar-refractivity contribution in [2.75, 3.05) is 44.7 Å². The van der Waals surface area contributed by atoms with E-state index < -0.39 is 10.0 Å². The average molecular weight is 465 g/mol. The summed E-state index contributed by atoms with van der Waals surface area (Å²) >= 11 is 0. The minimum Gasteiger partial charge on any atom is -0.350 e. The Kier molecular flexibility index (Phi) is 7.77. The van der Waals surface area contributed by atoms with Gasteiger partial charge in [0.05, 0.1) is 24.7 Å². The van der Waals surface area contributed by atoms with Gasteiger partial charge in [0, 0.05) is 24.6 Å². The highest BCUT2D eigenvalue weighted by molar-refractivity contribution is 7.90. The van der Waals surface area contributed by atoms with Crippen molar-refractivity contribution in [1.29, 1.82) is 0 Å². The number of ether oxygens (including phenoxy) is 2. The van der Waals surface area contributed by atoms with Crippen LogP contribution >= 0.6 is 0 Å². The molecule has 1 amide bonds. The predicted molar refractivity (Wildman–Crippen MR) is 121 cm³/mol. The molecule has 0 spiro atoms. The minimum absolute atomic E-state index is 0.103. The molecule has 4 rings (SSSR count). The van der Waals surface area contributed by atoms with E-state index in [2.05, 4.69) is 19.9 Å². The van der Waals surface area contributed by atoms with E-state index in [1.807, 2.05) is 0 Å². The lowest BCUT2D eigenvalue weighted by atomic mass is 9.96. The summed E-state index contributed by atoms with van der Waals surface area (Å²) in [6, 6.07) is 6.33. The molecule has 10 heteroatoms. The van der Waals surface area contributed by atoms with Crippen LogP contribution in [0.25, 0.3) is 0 Å². The van der Waals surface area contributed by atoms with Gasteiger partial charge in [0.2, 0.25) is 5.91 Å². The third-order valence-electron chi connectivity index (χ3n) is 6.09. The third-order valence-corrected chi connectivity index (χ3v) is 7.47. The van der Waals surface area contributed by atoms with E-state index in [0.717, 1.165) is 45.2 Å². The molecule has 3 heterocycles. The number of hydrogen-bond acceptors (Lipinski definition) is 7. The number of carbonyl (C=O) groups excluding carboxylic acids is 1. The summed E-state index contributed by atoms with van der Waals surface area (Å²) < 4.78 is 39.4. The first-order valence-electron chi connectivity index (χ1n) is 11.4. The first-order chi connectivity index (χ1) is 15.5. The van der Waals surface area contributed by atoms with Gasteiger partial charge in [-0.05, 0) is 57.0 Å². The Hall–Kier alpha value is -2.01. The second-order valence-electron chi connectivity index (χ2n) is 8.54. The maximum Gasteiger partial charge on any atom is 0.262 e. The lowest BCUT2D eigenvalue weighted by molar-refractivity contribution is -0.119. The van der Waals surface area contributed by atoms with Crippen molar-refractivity contribution in [3.05, 3.63) is 24.3 Å². The molecule has 0 bridgehead atoms. The fraction of sp³-hybridized carbons (Fsp3) is 0.636. The topological polar surface area (TPSA) is 109 Å². The Balaban J connectivity index is 1.29. The van der Waals surface area contributed by atoms with Crippen molar-refractivity contribution in [3.8, 4) is 0 Å². The summed E-state index contributed by atoms with van der Waals surface area (Å²) in [6.07, 6.45) is 5.35. The number of piperidine rings is 1. The first kappa shape index (κ1) is 23.2. The lowest BCUT2D eigenvalue weighted by Crippen LogP contribution is -2.41. The average Bonchev–Trinajstić information content (AvgIpc) is 3.20. The van der Waals surface area contributed by atoms with Gasteiger partial charge in [0.1, 0.15) is 5.84 Å². The molecule has 0 radical (unpaired) electrons. The molecular weight excluding hydrogens is 432 g/mol. The van der Waals surface area contributed by atoms with Gasteiger partial charge in [-0.2, -0.15) is 0 Å². The van der Waals surface area contributed by atoms with E-state index in [0.29, 0.717) is 43.6 Å². The Labute approximate surface area is 189 Å². The highest BCUT2D eigenvalue weighted by Gasteiger charge is 2.30. The molecule has 2 N–H and O–H groups in total. The second kappa shape index (κ2) is 10.7. The highest BCUT2D eigenvalue weighted by atomic mass is 32.2. The molecule has 0 saturated carbocycles. The summed E-state index contributed by atoms with van der Waals surface area (Å²) in [7, 11) is -3.74.